The molecule has 9 heteroatoms. The number of nitrogens with one attached hydrogen (secondary N) is 2. The molecule has 26 heavy (non-hydrogen) atoms. The van der Waals surface area contributed by atoms with E-state index in [4.69, 9.17) is 9.47 Å². The standard InChI is InChI=1S/C17H29N3O4S.HI/c1-14-5-6-15(13-16(14)23-3)7-8-19-17(18-2)20-9-10-24-11-12-25(4,21)22;/h5-6,13H,7-12H2,1-4H3,(H2,18,19,20);1H. The number of guanidine groups is 1. The Kier molecular flexibility index (Phi) is 12.6. The summed E-state index contributed by atoms with van der Waals surface area (Å²) in [4.78, 5) is 4.14. The van der Waals surface area contributed by atoms with E-state index in [9.17, 15) is 8.42 Å². The number of aryl methyl sites for hydroxylation is 1. The number of sulfone groups is 1. The second-order valence-electron chi connectivity index (χ2n) is 5.72. The Labute approximate surface area is 173 Å². The monoisotopic (exact) mass is 499 g/mol. The largest absolute Gasteiger partial charge is 0.496 e. The van der Waals surface area contributed by atoms with Gasteiger partial charge in [-0.1, -0.05) is 12.1 Å². The normalized spacial score (nSPS) is 11.6. The lowest BCUT2D eigenvalue weighted by atomic mass is 10.1. The predicted molar refractivity (Wildman–Crippen MR) is 117 cm³/mol. The Morgan fingerprint density at radius 2 is 1.88 bits per heavy atom. The predicted octanol–water partition coefficient (Wildman–Crippen LogP) is 1.39. The van der Waals surface area contributed by atoms with Crippen LogP contribution in [0.2, 0.25) is 0 Å². The van der Waals surface area contributed by atoms with Crippen molar-refractivity contribution in [3.8, 4) is 5.75 Å². The van der Waals surface area contributed by atoms with Gasteiger partial charge in [-0.3, -0.25) is 4.99 Å². The lowest BCUT2D eigenvalue weighted by Crippen LogP contribution is -2.39. The molecule has 0 unspecified atom stereocenters. The van der Waals surface area contributed by atoms with Crippen molar-refractivity contribution < 1.29 is 17.9 Å². The van der Waals surface area contributed by atoms with Gasteiger partial charge in [-0.25, -0.2) is 8.42 Å². The molecule has 0 aliphatic carbocycles. The summed E-state index contributed by atoms with van der Waals surface area (Å²) in [6, 6.07) is 6.18. The van der Waals surface area contributed by atoms with E-state index < -0.39 is 9.84 Å². The molecular weight excluding hydrogens is 469 g/mol. The van der Waals surface area contributed by atoms with Crippen LogP contribution in [-0.2, 0) is 21.0 Å². The highest BCUT2D eigenvalue weighted by Crippen LogP contribution is 2.18. The number of ether oxygens (including phenoxy) is 2. The lowest BCUT2D eigenvalue weighted by Gasteiger charge is -2.13. The van der Waals surface area contributed by atoms with Crippen LogP contribution in [0.15, 0.2) is 23.2 Å². The number of halogens is 1. The van der Waals surface area contributed by atoms with E-state index in [0.717, 1.165) is 24.3 Å². The summed E-state index contributed by atoms with van der Waals surface area (Å²) in [5, 5.41) is 6.36. The van der Waals surface area contributed by atoms with Gasteiger partial charge < -0.3 is 20.1 Å². The fraction of sp³-hybridized carbons (Fsp3) is 0.588. The lowest BCUT2D eigenvalue weighted by molar-refractivity contribution is 0.154. The molecule has 0 heterocycles. The SMILES string of the molecule is CN=C(NCCOCCS(C)(=O)=O)NCCc1ccc(C)c(OC)c1.I. The molecule has 0 aliphatic heterocycles. The zero-order valence-electron chi connectivity index (χ0n) is 15.9. The Morgan fingerprint density at radius 1 is 1.19 bits per heavy atom. The summed E-state index contributed by atoms with van der Waals surface area (Å²) in [6.07, 6.45) is 2.05. The Morgan fingerprint density at radius 3 is 2.50 bits per heavy atom. The first kappa shape index (κ1) is 24.9. The molecule has 2 N–H and O–H groups in total. The zero-order valence-corrected chi connectivity index (χ0v) is 19.0. The van der Waals surface area contributed by atoms with Gasteiger partial charge in [-0.05, 0) is 30.5 Å². The average molecular weight is 499 g/mol. The van der Waals surface area contributed by atoms with E-state index >= 15 is 0 Å². The quantitative estimate of drug-likeness (QED) is 0.219. The van der Waals surface area contributed by atoms with Crippen LogP contribution in [0.3, 0.4) is 0 Å². The highest BCUT2D eigenvalue weighted by atomic mass is 127. The molecule has 1 aromatic rings. The van der Waals surface area contributed by atoms with E-state index in [2.05, 4.69) is 27.8 Å². The molecule has 0 atom stereocenters. The van der Waals surface area contributed by atoms with Crippen LogP contribution >= 0.6 is 24.0 Å². The molecule has 0 aliphatic rings. The number of nitrogens with zero attached hydrogens (tertiary/aromatic N) is 1. The Balaban J connectivity index is 0.00000625. The maximum atomic E-state index is 11.0. The van der Waals surface area contributed by atoms with Crippen LogP contribution in [0.4, 0.5) is 0 Å². The van der Waals surface area contributed by atoms with Gasteiger partial charge in [0.05, 0.1) is 26.1 Å². The van der Waals surface area contributed by atoms with E-state index in [1.54, 1.807) is 14.2 Å². The van der Waals surface area contributed by atoms with Gasteiger partial charge in [0.15, 0.2) is 5.96 Å². The number of aliphatic imine (C=N–C) groups is 1. The zero-order chi connectivity index (χ0) is 18.7. The third-order valence-corrected chi connectivity index (χ3v) is 4.45. The molecular formula is C17H30IN3O4S. The number of hydrogen-bond donors (Lipinski definition) is 2. The Hall–Kier alpha value is -1.07. The van der Waals surface area contributed by atoms with Crippen LogP contribution in [0, 0.1) is 6.92 Å². The highest BCUT2D eigenvalue weighted by molar-refractivity contribution is 14.0. The van der Waals surface area contributed by atoms with Crippen molar-refractivity contribution in [2.24, 2.45) is 4.99 Å². The van der Waals surface area contributed by atoms with E-state index in [-0.39, 0.29) is 36.3 Å². The van der Waals surface area contributed by atoms with Gasteiger partial charge in [0.2, 0.25) is 0 Å². The summed E-state index contributed by atoms with van der Waals surface area (Å²) >= 11 is 0. The van der Waals surface area contributed by atoms with Crippen molar-refractivity contribution >= 4 is 39.8 Å². The minimum atomic E-state index is -2.97. The summed E-state index contributed by atoms with van der Waals surface area (Å²) in [5.74, 6) is 1.62. The molecule has 0 saturated carbocycles. The maximum Gasteiger partial charge on any atom is 0.191 e. The van der Waals surface area contributed by atoms with Gasteiger partial charge in [0, 0.05) is 26.4 Å². The molecule has 0 saturated heterocycles. The van der Waals surface area contributed by atoms with Crippen molar-refractivity contribution in [3.05, 3.63) is 29.3 Å². The highest BCUT2D eigenvalue weighted by Gasteiger charge is 2.03. The third-order valence-electron chi connectivity index (χ3n) is 3.54. The fourth-order valence-corrected chi connectivity index (χ4v) is 2.54. The topological polar surface area (TPSA) is 89.0 Å². The first-order valence-corrected chi connectivity index (χ1v) is 10.3. The van der Waals surface area contributed by atoms with Crippen LogP contribution in [0.25, 0.3) is 0 Å². The summed E-state index contributed by atoms with van der Waals surface area (Å²) < 4.78 is 32.6. The van der Waals surface area contributed by atoms with Gasteiger partial charge in [-0.15, -0.1) is 24.0 Å². The van der Waals surface area contributed by atoms with Crippen LogP contribution in [0.1, 0.15) is 11.1 Å². The van der Waals surface area contributed by atoms with Crippen molar-refractivity contribution in [2.45, 2.75) is 13.3 Å². The molecule has 0 radical (unpaired) electrons. The smallest absolute Gasteiger partial charge is 0.191 e. The Bertz CT molecular complexity index is 666. The van der Waals surface area contributed by atoms with Crippen molar-refractivity contribution in [2.75, 3.05) is 52.5 Å². The molecule has 1 aromatic carbocycles. The molecule has 0 fully saturated rings. The van der Waals surface area contributed by atoms with Gasteiger partial charge >= 0.3 is 0 Å². The van der Waals surface area contributed by atoms with Crippen LogP contribution < -0.4 is 15.4 Å². The molecule has 150 valence electrons. The van der Waals surface area contributed by atoms with E-state index in [1.807, 2.05) is 13.0 Å². The molecule has 0 bridgehead atoms. The van der Waals surface area contributed by atoms with Gasteiger partial charge in [-0.2, -0.15) is 0 Å². The minimum absolute atomic E-state index is 0. The second kappa shape index (κ2) is 13.2. The summed E-state index contributed by atoms with van der Waals surface area (Å²) in [7, 11) is 0.409. The first-order valence-electron chi connectivity index (χ1n) is 8.19. The third kappa shape index (κ3) is 10.8. The first-order chi connectivity index (χ1) is 11.9. The van der Waals surface area contributed by atoms with Gasteiger partial charge in [0.1, 0.15) is 15.6 Å². The maximum absolute atomic E-state index is 11.0. The summed E-state index contributed by atoms with van der Waals surface area (Å²) in [5.41, 5.74) is 2.31. The van der Waals surface area contributed by atoms with E-state index in [1.165, 1.54) is 11.8 Å². The molecule has 0 amide bonds. The molecule has 1 rings (SSSR count). The summed E-state index contributed by atoms with van der Waals surface area (Å²) in [6.45, 7) is 3.94. The van der Waals surface area contributed by atoms with Crippen molar-refractivity contribution in [3.63, 3.8) is 0 Å². The van der Waals surface area contributed by atoms with E-state index in [0.29, 0.717) is 19.1 Å². The van der Waals surface area contributed by atoms with Crippen molar-refractivity contribution in [1.82, 2.24) is 10.6 Å². The van der Waals surface area contributed by atoms with Crippen LogP contribution in [0.5, 0.6) is 5.75 Å². The fourth-order valence-electron chi connectivity index (χ4n) is 2.12. The minimum Gasteiger partial charge on any atom is -0.496 e. The van der Waals surface area contributed by atoms with Crippen molar-refractivity contribution in [1.29, 1.82) is 0 Å². The average Bonchev–Trinajstić information content (AvgIpc) is 2.56. The molecule has 7 nitrogen and oxygen atoms in total. The number of rotatable bonds is 10. The molecule has 0 spiro atoms. The van der Waals surface area contributed by atoms with Crippen LogP contribution in [-0.4, -0.2) is 66.8 Å². The van der Waals surface area contributed by atoms with Gasteiger partial charge in [0.25, 0.3) is 0 Å². The molecule has 0 aromatic heterocycles. The number of methoxy groups -OCH3 is 1. The number of benzene rings is 1. The second-order valence-corrected chi connectivity index (χ2v) is 7.98. The number of hydrogen-bond acceptors (Lipinski definition) is 5.